The minimum Gasteiger partial charge on any atom is -0.378 e. The zero-order valence-corrected chi connectivity index (χ0v) is 14.1. The van der Waals surface area contributed by atoms with E-state index in [1.807, 2.05) is 12.1 Å². The summed E-state index contributed by atoms with van der Waals surface area (Å²) in [5, 5.41) is 2.72. The van der Waals surface area contributed by atoms with Crippen molar-refractivity contribution in [3.8, 4) is 0 Å². The molecule has 0 radical (unpaired) electrons. The molecule has 1 aromatic heterocycles. The van der Waals surface area contributed by atoms with Gasteiger partial charge in [0.1, 0.15) is 11.4 Å². The fourth-order valence-electron chi connectivity index (χ4n) is 3.06. The van der Waals surface area contributed by atoms with Gasteiger partial charge in [0.2, 0.25) is 0 Å². The number of ketones is 1. The summed E-state index contributed by atoms with van der Waals surface area (Å²) in [6, 6.07) is 3.63. The number of Topliss-reactive ketones (excluding diaryl/α,β-unsaturated/α-hetero) is 1. The Morgan fingerprint density at radius 1 is 1.23 bits per heavy atom. The number of aromatic nitrogens is 1. The number of pyridine rings is 1. The van der Waals surface area contributed by atoms with Gasteiger partial charge in [0.15, 0.2) is 5.78 Å². The summed E-state index contributed by atoms with van der Waals surface area (Å²) >= 11 is 0. The van der Waals surface area contributed by atoms with E-state index in [-0.39, 0.29) is 11.4 Å². The first-order valence-corrected chi connectivity index (χ1v) is 8.49. The normalized spacial score (nSPS) is 21.8. The molecule has 0 saturated carbocycles. The van der Waals surface area contributed by atoms with Crippen molar-refractivity contribution in [2.45, 2.75) is 0 Å². The molecule has 4 rings (SSSR count). The maximum Gasteiger partial charge on any atom is 0.260 e. The second-order valence-corrected chi connectivity index (χ2v) is 6.14. The lowest BCUT2D eigenvalue weighted by atomic mass is 9.88. The standard InChI is InChI=1S/C19H18N4O3/c24-18-14-3-1-2-4-16(14)20-12-15(18)19(25)22-13-5-6-17(21-11-13)23-7-9-26-10-8-23/h1-6,11-12,14H,7-10H2,(H,22,25). The van der Waals surface area contributed by atoms with E-state index in [1.165, 1.54) is 6.20 Å². The number of hydrogen-bond acceptors (Lipinski definition) is 6. The molecule has 0 aromatic carbocycles. The summed E-state index contributed by atoms with van der Waals surface area (Å²) in [5.41, 5.74) is 1.25. The van der Waals surface area contributed by atoms with E-state index in [1.54, 1.807) is 30.5 Å². The van der Waals surface area contributed by atoms with E-state index >= 15 is 0 Å². The number of carbonyl (C=O) groups is 2. The van der Waals surface area contributed by atoms with Gasteiger partial charge in [-0.25, -0.2) is 4.98 Å². The number of morpholine rings is 1. The first kappa shape index (κ1) is 16.4. The van der Waals surface area contributed by atoms with Gasteiger partial charge in [-0.2, -0.15) is 0 Å². The highest BCUT2D eigenvalue weighted by Gasteiger charge is 2.31. The number of fused-ring (bicyclic) bond motifs is 1. The van der Waals surface area contributed by atoms with Gasteiger partial charge in [0, 0.05) is 19.3 Å². The van der Waals surface area contributed by atoms with Crippen LogP contribution in [-0.2, 0) is 14.3 Å². The maximum atomic E-state index is 12.5. The van der Waals surface area contributed by atoms with Crippen LogP contribution in [0.25, 0.3) is 0 Å². The first-order valence-electron chi connectivity index (χ1n) is 8.49. The molecule has 3 aliphatic rings. The molecule has 1 aromatic rings. The van der Waals surface area contributed by atoms with Crippen molar-refractivity contribution in [3.05, 3.63) is 54.4 Å². The van der Waals surface area contributed by atoms with E-state index < -0.39 is 11.8 Å². The zero-order chi connectivity index (χ0) is 17.9. The highest BCUT2D eigenvalue weighted by atomic mass is 16.5. The number of anilines is 2. The Morgan fingerprint density at radius 2 is 2.08 bits per heavy atom. The second-order valence-electron chi connectivity index (χ2n) is 6.14. The Hall–Kier alpha value is -3.06. The molecule has 1 fully saturated rings. The van der Waals surface area contributed by atoms with E-state index in [9.17, 15) is 9.59 Å². The van der Waals surface area contributed by atoms with Crippen LogP contribution < -0.4 is 10.2 Å². The minimum absolute atomic E-state index is 0.0518. The van der Waals surface area contributed by atoms with Crippen LogP contribution in [0.4, 0.5) is 11.5 Å². The summed E-state index contributed by atoms with van der Waals surface area (Å²) in [7, 11) is 0. The fourth-order valence-corrected chi connectivity index (χ4v) is 3.06. The molecule has 1 unspecified atom stereocenters. The molecular weight excluding hydrogens is 332 g/mol. The molecule has 1 atom stereocenters. The van der Waals surface area contributed by atoms with E-state index in [0.29, 0.717) is 24.6 Å². The number of allylic oxidation sites excluding steroid dienone is 4. The Labute approximate surface area is 150 Å². The third kappa shape index (κ3) is 3.21. The van der Waals surface area contributed by atoms with Crippen LogP contribution in [0, 0.1) is 5.92 Å². The molecule has 1 amide bonds. The fraction of sp³-hybridized carbons (Fsp3) is 0.263. The van der Waals surface area contributed by atoms with Crippen molar-refractivity contribution >= 4 is 28.9 Å². The summed E-state index contributed by atoms with van der Waals surface area (Å²) in [5.74, 6) is -0.354. The number of aliphatic imine (C=N–C) groups is 1. The number of ether oxygens (including phenoxy) is 1. The topological polar surface area (TPSA) is 83.9 Å². The average molecular weight is 350 g/mol. The highest BCUT2D eigenvalue weighted by Crippen LogP contribution is 2.22. The zero-order valence-electron chi connectivity index (χ0n) is 14.1. The van der Waals surface area contributed by atoms with Crippen molar-refractivity contribution < 1.29 is 14.3 Å². The van der Waals surface area contributed by atoms with Crippen molar-refractivity contribution in [2.75, 3.05) is 36.5 Å². The molecule has 7 nitrogen and oxygen atoms in total. The summed E-state index contributed by atoms with van der Waals surface area (Å²) < 4.78 is 5.33. The third-order valence-corrected chi connectivity index (χ3v) is 4.48. The van der Waals surface area contributed by atoms with E-state index in [4.69, 9.17) is 4.74 Å². The van der Waals surface area contributed by atoms with Crippen LogP contribution >= 0.6 is 0 Å². The van der Waals surface area contributed by atoms with Crippen molar-refractivity contribution in [1.29, 1.82) is 0 Å². The number of nitrogens with one attached hydrogen (secondary N) is 1. The Bertz CT molecular complexity index is 846. The van der Waals surface area contributed by atoms with Gasteiger partial charge in [0.25, 0.3) is 5.91 Å². The number of rotatable bonds is 3. The van der Waals surface area contributed by atoms with Gasteiger partial charge in [-0.1, -0.05) is 18.2 Å². The Kier molecular flexibility index (Phi) is 4.45. The van der Waals surface area contributed by atoms with Crippen LogP contribution in [-0.4, -0.2) is 48.7 Å². The van der Waals surface area contributed by atoms with Gasteiger partial charge < -0.3 is 15.0 Å². The molecule has 0 bridgehead atoms. The smallest absolute Gasteiger partial charge is 0.260 e. The van der Waals surface area contributed by atoms with Crippen LogP contribution in [0.3, 0.4) is 0 Å². The first-order chi connectivity index (χ1) is 12.7. The number of nitrogens with zero attached hydrogens (tertiary/aromatic N) is 3. The predicted octanol–water partition coefficient (Wildman–Crippen LogP) is 1.51. The number of amides is 1. The van der Waals surface area contributed by atoms with E-state index in [2.05, 4.69) is 20.2 Å². The summed E-state index contributed by atoms with van der Waals surface area (Å²) in [6.07, 6.45) is 10.1. The van der Waals surface area contributed by atoms with Gasteiger partial charge in [-0.05, 0) is 18.2 Å². The summed E-state index contributed by atoms with van der Waals surface area (Å²) in [6.45, 7) is 2.96. The molecule has 2 aliphatic heterocycles. The molecule has 132 valence electrons. The molecule has 3 heterocycles. The van der Waals surface area contributed by atoms with Gasteiger partial charge in [-0.15, -0.1) is 0 Å². The number of hydrogen-bond donors (Lipinski definition) is 1. The Balaban J connectivity index is 1.45. The minimum atomic E-state index is -0.479. The monoisotopic (exact) mass is 350 g/mol. The maximum absolute atomic E-state index is 12.5. The van der Waals surface area contributed by atoms with Crippen molar-refractivity contribution in [2.24, 2.45) is 10.9 Å². The molecule has 1 N–H and O–H groups in total. The van der Waals surface area contributed by atoms with Gasteiger partial charge in [-0.3, -0.25) is 14.6 Å². The lowest BCUT2D eigenvalue weighted by Crippen LogP contribution is -2.36. The molecule has 7 heteroatoms. The van der Waals surface area contributed by atoms with Crippen LogP contribution in [0.1, 0.15) is 0 Å². The lowest BCUT2D eigenvalue weighted by Gasteiger charge is -2.27. The number of carbonyl (C=O) groups excluding carboxylic acids is 2. The summed E-state index contributed by atoms with van der Waals surface area (Å²) in [4.78, 5) is 35.7. The van der Waals surface area contributed by atoms with Gasteiger partial charge in [0.05, 0.1) is 36.7 Å². The predicted molar refractivity (Wildman–Crippen MR) is 98.2 cm³/mol. The molecule has 0 spiro atoms. The largest absolute Gasteiger partial charge is 0.378 e. The average Bonchev–Trinajstić information content (AvgIpc) is 2.69. The third-order valence-electron chi connectivity index (χ3n) is 4.48. The highest BCUT2D eigenvalue weighted by molar-refractivity contribution is 6.31. The second kappa shape index (κ2) is 7.05. The SMILES string of the molecule is O=C(Nc1ccc(N2CCOCC2)nc1)C1=CN=C2C=CC=CC2C1=O. The lowest BCUT2D eigenvalue weighted by molar-refractivity contribution is -0.120. The molecule has 1 saturated heterocycles. The van der Waals surface area contributed by atoms with Gasteiger partial charge >= 0.3 is 0 Å². The molecule has 1 aliphatic carbocycles. The Morgan fingerprint density at radius 3 is 2.85 bits per heavy atom. The molecule has 26 heavy (non-hydrogen) atoms. The molecular formula is C19H18N4O3. The van der Waals surface area contributed by atoms with Crippen molar-refractivity contribution in [1.82, 2.24) is 4.98 Å². The van der Waals surface area contributed by atoms with Crippen LogP contribution in [0.2, 0.25) is 0 Å². The van der Waals surface area contributed by atoms with Crippen LogP contribution in [0.15, 0.2) is 59.4 Å². The van der Waals surface area contributed by atoms with Crippen molar-refractivity contribution in [3.63, 3.8) is 0 Å². The van der Waals surface area contributed by atoms with E-state index in [0.717, 1.165) is 18.9 Å². The quantitative estimate of drug-likeness (QED) is 0.836. The van der Waals surface area contributed by atoms with Crippen LogP contribution in [0.5, 0.6) is 0 Å².